The molecular formula is C16H26N4O3. The molecule has 7 heteroatoms. The molecular weight excluding hydrogens is 296 g/mol. The van der Waals surface area contributed by atoms with Crippen molar-refractivity contribution in [3.05, 3.63) is 23.9 Å². The van der Waals surface area contributed by atoms with E-state index in [1.807, 2.05) is 6.07 Å². The number of ether oxygens (including phenoxy) is 2. The van der Waals surface area contributed by atoms with Crippen LogP contribution in [0.2, 0.25) is 0 Å². The number of hydrogen-bond acceptors (Lipinski definition) is 6. The molecule has 0 aromatic carbocycles. The fourth-order valence-electron chi connectivity index (χ4n) is 2.32. The fraction of sp³-hybridized carbons (Fsp3) is 0.625. The highest BCUT2D eigenvalue weighted by atomic mass is 16.5. The number of nitrogens with zero attached hydrogens (tertiary/aromatic N) is 2. The minimum Gasteiger partial charge on any atom is -0.385 e. The van der Waals surface area contributed by atoms with Crippen molar-refractivity contribution >= 4 is 11.7 Å². The molecule has 0 spiro atoms. The maximum absolute atomic E-state index is 11.9. The van der Waals surface area contributed by atoms with E-state index >= 15 is 0 Å². The van der Waals surface area contributed by atoms with E-state index in [4.69, 9.17) is 9.47 Å². The highest BCUT2D eigenvalue weighted by molar-refractivity contribution is 5.93. The lowest BCUT2D eigenvalue weighted by Gasteiger charge is -2.26. The number of nitrogens with one attached hydrogen (secondary N) is 2. The van der Waals surface area contributed by atoms with Gasteiger partial charge in [-0.2, -0.15) is 0 Å². The van der Waals surface area contributed by atoms with E-state index in [-0.39, 0.29) is 5.91 Å². The summed E-state index contributed by atoms with van der Waals surface area (Å²) in [5.41, 5.74) is 0.571. The molecule has 1 fully saturated rings. The Morgan fingerprint density at radius 2 is 2.17 bits per heavy atom. The number of morpholine rings is 1. The van der Waals surface area contributed by atoms with Gasteiger partial charge in [0.2, 0.25) is 0 Å². The monoisotopic (exact) mass is 322 g/mol. The molecule has 2 rings (SSSR count). The van der Waals surface area contributed by atoms with Gasteiger partial charge in [-0.25, -0.2) is 4.98 Å². The van der Waals surface area contributed by atoms with E-state index in [1.54, 1.807) is 19.4 Å². The molecule has 1 aromatic rings. The summed E-state index contributed by atoms with van der Waals surface area (Å²) in [6.07, 6.45) is 2.40. The average Bonchev–Trinajstić information content (AvgIpc) is 2.60. The Labute approximate surface area is 137 Å². The van der Waals surface area contributed by atoms with Gasteiger partial charge in [0.15, 0.2) is 0 Å². The maximum Gasteiger partial charge on any atom is 0.252 e. The molecule has 0 atom stereocenters. The van der Waals surface area contributed by atoms with Gasteiger partial charge in [0.25, 0.3) is 5.91 Å². The lowest BCUT2D eigenvalue weighted by Crippen LogP contribution is -2.39. The number of amides is 1. The Morgan fingerprint density at radius 1 is 1.35 bits per heavy atom. The summed E-state index contributed by atoms with van der Waals surface area (Å²) in [5.74, 6) is 0.683. The molecule has 0 radical (unpaired) electrons. The topological polar surface area (TPSA) is 75.7 Å². The first-order valence-electron chi connectivity index (χ1n) is 8.07. The number of pyridine rings is 1. The minimum atomic E-state index is -0.103. The van der Waals surface area contributed by atoms with E-state index in [1.165, 1.54) is 0 Å². The Morgan fingerprint density at radius 3 is 2.87 bits per heavy atom. The van der Waals surface area contributed by atoms with Crippen molar-refractivity contribution in [2.24, 2.45) is 0 Å². The molecule has 0 aliphatic carbocycles. The molecule has 0 saturated carbocycles. The third-order valence-corrected chi connectivity index (χ3v) is 3.67. The quantitative estimate of drug-likeness (QED) is 0.648. The zero-order valence-electron chi connectivity index (χ0n) is 13.7. The number of methoxy groups -OCH3 is 1. The Bertz CT molecular complexity index is 461. The third kappa shape index (κ3) is 6.52. The van der Waals surface area contributed by atoms with Gasteiger partial charge in [0.1, 0.15) is 5.82 Å². The van der Waals surface area contributed by atoms with Crippen molar-refractivity contribution in [1.29, 1.82) is 0 Å². The number of aromatic nitrogens is 1. The van der Waals surface area contributed by atoms with Crippen LogP contribution in [0.15, 0.2) is 18.3 Å². The van der Waals surface area contributed by atoms with Crippen molar-refractivity contribution in [3.8, 4) is 0 Å². The van der Waals surface area contributed by atoms with Crippen LogP contribution in [-0.2, 0) is 9.47 Å². The molecule has 7 nitrogen and oxygen atoms in total. The maximum atomic E-state index is 11.9. The molecule has 2 N–H and O–H groups in total. The largest absolute Gasteiger partial charge is 0.385 e. The SMILES string of the molecule is COCCCNC(=O)c1ccc(NCCN2CCOCC2)nc1. The van der Waals surface area contributed by atoms with Crippen LogP contribution in [0.5, 0.6) is 0 Å². The van der Waals surface area contributed by atoms with E-state index in [2.05, 4.69) is 20.5 Å². The molecule has 1 saturated heterocycles. The van der Waals surface area contributed by atoms with Crippen molar-refractivity contribution in [2.75, 3.05) is 65.0 Å². The van der Waals surface area contributed by atoms with Gasteiger partial charge in [-0.1, -0.05) is 0 Å². The lowest BCUT2D eigenvalue weighted by molar-refractivity contribution is 0.0398. The molecule has 0 unspecified atom stereocenters. The van der Waals surface area contributed by atoms with Crippen LogP contribution in [-0.4, -0.2) is 75.4 Å². The summed E-state index contributed by atoms with van der Waals surface area (Å²) in [6.45, 7) is 6.63. The van der Waals surface area contributed by atoms with Crippen LogP contribution in [0.25, 0.3) is 0 Å². The normalized spacial score (nSPS) is 15.3. The average molecular weight is 322 g/mol. The standard InChI is InChI=1S/C16H26N4O3/c1-22-10-2-5-18-16(21)14-3-4-15(19-13-14)17-6-7-20-8-11-23-12-9-20/h3-4,13H,2,5-12H2,1H3,(H,17,19)(H,18,21). The first kappa shape index (κ1) is 17.7. The predicted octanol–water partition coefficient (Wildman–Crippen LogP) is 0.592. The van der Waals surface area contributed by atoms with Crippen LogP contribution in [0, 0.1) is 0 Å². The Balaban J connectivity index is 1.67. The van der Waals surface area contributed by atoms with Crippen molar-refractivity contribution in [2.45, 2.75) is 6.42 Å². The predicted molar refractivity (Wildman–Crippen MR) is 88.8 cm³/mol. The van der Waals surface area contributed by atoms with E-state index < -0.39 is 0 Å². The summed E-state index contributed by atoms with van der Waals surface area (Å²) in [7, 11) is 1.65. The van der Waals surface area contributed by atoms with Gasteiger partial charge in [0.05, 0.1) is 18.8 Å². The first-order valence-corrected chi connectivity index (χ1v) is 8.07. The zero-order chi connectivity index (χ0) is 16.3. The van der Waals surface area contributed by atoms with Crippen LogP contribution in [0.4, 0.5) is 5.82 Å². The van der Waals surface area contributed by atoms with Gasteiger partial charge in [0, 0.05) is 52.6 Å². The van der Waals surface area contributed by atoms with E-state index in [9.17, 15) is 4.79 Å². The number of carbonyl (C=O) groups is 1. The molecule has 23 heavy (non-hydrogen) atoms. The van der Waals surface area contributed by atoms with Crippen molar-refractivity contribution in [1.82, 2.24) is 15.2 Å². The molecule has 1 aromatic heterocycles. The third-order valence-electron chi connectivity index (χ3n) is 3.67. The van der Waals surface area contributed by atoms with Gasteiger partial charge in [-0.05, 0) is 18.6 Å². The second kappa shape index (κ2) is 10.1. The Hall–Kier alpha value is -1.70. The summed E-state index contributed by atoms with van der Waals surface area (Å²) >= 11 is 0. The summed E-state index contributed by atoms with van der Waals surface area (Å²) in [6, 6.07) is 3.62. The number of anilines is 1. The summed E-state index contributed by atoms with van der Waals surface area (Å²) in [5, 5.41) is 6.12. The number of hydrogen-bond donors (Lipinski definition) is 2. The van der Waals surface area contributed by atoms with Gasteiger partial charge >= 0.3 is 0 Å². The van der Waals surface area contributed by atoms with Gasteiger partial charge in [-0.3, -0.25) is 9.69 Å². The van der Waals surface area contributed by atoms with Crippen LogP contribution < -0.4 is 10.6 Å². The first-order chi connectivity index (χ1) is 11.3. The minimum absolute atomic E-state index is 0.103. The zero-order valence-corrected chi connectivity index (χ0v) is 13.7. The summed E-state index contributed by atoms with van der Waals surface area (Å²) in [4.78, 5) is 18.6. The van der Waals surface area contributed by atoms with Crippen molar-refractivity contribution in [3.63, 3.8) is 0 Å². The fourth-order valence-corrected chi connectivity index (χ4v) is 2.32. The highest BCUT2D eigenvalue weighted by Gasteiger charge is 2.09. The summed E-state index contributed by atoms with van der Waals surface area (Å²) < 4.78 is 10.3. The highest BCUT2D eigenvalue weighted by Crippen LogP contribution is 2.05. The molecule has 0 bridgehead atoms. The molecule has 2 heterocycles. The van der Waals surface area contributed by atoms with E-state index in [0.29, 0.717) is 18.7 Å². The van der Waals surface area contributed by atoms with Crippen LogP contribution in [0.1, 0.15) is 16.8 Å². The Kier molecular flexibility index (Phi) is 7.79. The molecule has 1 aliphatic rings. The second-order valence-electron chi connectivity index (χ2n) is 5.42. The van der Waals surface area contributed by atoms with Crippen molar-refractivity contribution < 1.29 is 14.3 Å². The van der Waals surface area contributed by atoms with E-state index in [0.717, 1.165) is 51.6 Å². The number of carbonyl (C=O) groups excluding carboxylic acids is 1. The van der Waals surface area contributed by atoms with Gasteiger partial charge < -0.3 is 20.1 Å². The number of rotatable bonds is 9. The lowest BCUT2D eigenvalue weighted by atomic mass is 10.2. The molecule has 1 amide bonds. The van der Waals surface area contributed by atoms with Crippen LogP contribution >= 0.6 is 0 Å². The second-order valence-corrected chi connectivity index (χ2v) is 5.42. The smallest absolute Gasteiger partial charge is 0.252 e. The van der Waals surface area contributed by atoms with Gasteiger partial charge in [-0.15, -0.1) is 0 Å². The van der Waals surface area contributed by atoms with Crippen LogP contribution in [0.3, 0.4) is 0 Å². The molecule has 128 valence electrons. The molecule has 1 aliphatic heterocycles.